The average molecular weight is 217 g/mol. The molecule has 0 amide bonds. The van der Waals surface area contributed by atoms with E-state index >= 15 is 0 Å². The summed E-state index contributed by atoms with van der Waals surface area (Å²) >= 11 is 0. The molecule has 0 spiro atoms. The summed E-state index contributed by atoms with van der Waals surface area (Å²) in [5, 5.41) is 0. The molecule has 0 fully saturated rings. The first-order valence-electron chi connectivity index (χ1n) is 6.40. The minimum atomic E-state index is 0.451. The minimum Gasteiger partial charge on any atom is -0.298 e. The maximum Gasteiger partial charge on any atom is 0.0236 e. The molecule has 1 heteroatoms. The number of hydrogen-bond acceptors (Lipinski definition) is 1. The molecule has 1 aromatic carbocycles. The van der Waals surface area contributed by atoms with Gasteiger partial charge in [0.1, 0.15) is 0 Å². The molecule has 2 rings (SSSR count). The summed E-state index contributed by atoms with van der Waals surface area (Å²) in [7, 11) is 0. The van der Waals surface area contributed by atoms with Crippen molar-refractivity contribution < 1.29 is 0 Å². The topological polar surface area (TPSA) is 3.24 Å². The molecule has 1 aliphatic rings. The quantitative estimate of drug-likeness (QED) is 0.749. The lowest BCUT2D eigenvalue weighted by atomic mass is 9.88. The molecule has 88 valence electrons. The van der Waals surface area contributed by atoms with Crippen LogP contribution in [0.2, 0.25) is 0 Å². The Kier molecular flexibility index (Phi) is 3.34. The summed E-state index contributed by atoms with van der Waals surface area (Å²) < 4.78 is 0. The van der Waals surface area contributed by atoms with Crippen LogP contribution >= 0.6 is 0 Å². The Labute approximate surface area is 99.5 Å². The lowest BCUT2D eigenvalue weighted by Crippen LogP contribution is -2.37. The fourth-order valence-electron chi connectivity index (χ4n) is 2.41. The van der Waals surface area contributed by atoms with Crippen LogP contribution in [0, 0.1) is 5.41 Å². The van der Waals surface area contributed by atoms with E-state index in [4.69, 9.17) is 0 Å². The van der Waals surface area contributed by atoms with Crippen molar-refractivity contribution in [1.82, 2.24) is 4.90 Å². The molecular formula is C15H23N. The maximum atomic E-state index is 2.60. The van der Waals surface area contributed by atoms with Gasteiger partial charge >= 0.3 is 0 Å². The van der Waals surface area contributed by atoms with E-state index in [0.717, 1.165) is 6.54 Å². The van der Waals surface area contributed by atoms with Crippen molar-refractivity contribution in [2.24, 2.45) is 5.41 Å². The van der Waals surface area contributed by atoms with Crippen molar-refractivity contribution in [3.8, 4) is 0 Å². The van der Waals surface area contributed by atoms with Gasteiger partial charge in [0.2, 0.25) is 0 Å². The summed E-state index contributed by atoms with van der Waals surface area (Å²) in [6, 6.07) is 8.87. The lowest BCUT2D eigenvalue weighted by Gasteiger charge is -2.35. The first kappa shape index (κ1) is 11.7. The van der Waals surface area contributed by atoms with Crippen molar-refractivity contribution in [3.05, 3.63) is 35.4 Å². The average Bonchev–Trinajstić information content (AvgIpc) is 2.28. The van der Waals surface area contributed by atoms with Crippen molar-refractivity contribution in [1.29, 1.82) is 0 Å². The normalized spacial score (nSPS) is 17.2. The summed E-state index contributed by atoms with van der Waals surface area (Å²) in [6.45, 7) is 10.6. The first-order valence-corrected chi connectivity index (χ1v) is 6.40. The third-order valence-corrected chi connectivity index (χ3v) is 3.82. The molecule has 0 radical (unpaired) electrons. The highest BCUT2D eigenvalue weighted by molar-refractivity contribution is 5.29. The smallest absolute Gasteiger partial charge is 0.0236 e. The van der Waals surface area contributed by atoms with Crippen LogP contribution in [0.15, 0.2) is 24.3 Å². The van der Waals surface area contributed by atoms with Gasteiger partial charge in [-0.05, 0) is 29.4 Å². The molecular weight excluding hydrogens is 194 g/mol. The molecule has 1 nitrogen and oxygen atoms in total. The number of fused-ring (bicyclic) bond motifs is 1. The molecule has 0 N–H and O–H groups in total. The van der Waals surface area contributed by atoms with E-state index in [1.807, 2.05) is 0 Å². The van der Waals surface area contributed by atoms with E-state index in [-0.39, 0.29) is 0 Å². The summed E-state index contributed by atoms with van der Waals surface area (Å²) in [6.07, 6.45) is 2.47. The monoisotopic (exact) mass is 217 g/mol. The van der Waals surface area contributed by atoms with Crippen LogP contribution in [0.25, 0.3) is 0 Å². The zero-order chi connectivity index (χ0) is 11.6. The minimum absolute atomic E-state index is 0.451. The van der Waals surface area contributed by atoms with Gasteiger partial charge in [-0.25, -0.2) is 0 Å². The molecule has 0 saturated heterocycles. The summed E-state index contributed by atoms with van der Waals surface area (Å²) in [4.78, 5) is 2.60. The molecule has 1 aromatic rings. The lowest BCUT2D eigenvalue weighted by molar-refractivity contribution is 0.160. The highest BCUT2D eigenvalue weighted by Gasteiger charge is 2.22. The van der Waals surface area contributed by atoms with Gasteiger partial charge in [-0.1, -0.05) is 45.0 Å². The van der Waals surface area contributed by atoms with Crippen LogP contribution in [-0.4, -0.2) is 18.0 Å². The van der Waals surface area contributed by atoms with E-state index in [2.05, 4.69) is 49.9 Å². The van der Waals surface area contributed by atoms with Crippen LogP contribution in [0.3, 0.4) is 0 Å². The van der Waals surface area contributed by atoms with Gasteiger partial charge in [-0.2, -0.15) is 0 Å². The zero-order valence-electron chi connectivity index (χ0n) is 10.8. The standard InChI is InChI=1S/C15H23N/c1-4-15(2,3)12-16-10-9-13-7-5-6-8-14(13)11-16/h5-8H,4,9-12H2,1-3H3. The van der Waals surface area contributed by atoms with E-state index in [0.29, 0.717) is 5.41 Å². The van der Waals surface area contributed by atoms with E-state index in [1.165, 1.54) is 31.5 Å². The molecule has 1 aliphatic heterocycles. The molecule has 0 aliphatic carbocycles. The van der Waals surface area contributed by atoms with Crippen LogP contribution in [0.5, 0.6) is 0 Å². The molecule has 0 bridgehead atoms. The van der Waals surface area contributed by atoms with Crippen LogP contribution in [0.1, 0.15) is 38.3 Å². The summed E-state index contributed by atoms with van der Waals surface area (Å²) in [5.74, 6) is 0. The third kappa shape index (κ3) is 2.65. The number of nitrogens with zero attached hydrogens (tertiary/aromatic N) is 1. The maximum absolute atomic E-state index is 2.60. The van der Waals surface area contributed by atoms with Crippen molar-refractivity contribution in [2.75, 3.05) is 13.1 Å². The number of benzene rings is 1. The molecule has 0 atom stereocenters. The molecule has 0 saturated carbocycles. The van der Waals surface area contributed by atoms with Crippen molar-refractivity contribution in [2.45, 2.75) is 40.2 Å². The van der Waals surface area contributed by atoms with Gasteiger partial charge < -0.3 is 0 Å². The first-order chi connectivity index (χ1) is 7.61. The van der Waals surface area contributed by atoms with Gasteiger partial charge in [-0.3, -0.25) is 4.90 Å². The van der Waals surface area contributed by atoms with Gasteiger partial charge in [-0.15, -0.1) is 0 Å². The van der Waals surface area contributed by atoms with Gasteiger partial charge in [0.15, 0.2) is 0 Å². The van der Waals surface area contributed by atoms with E-state index < -0.39 is 0 Å². The van der Waals surface area contributed by atoms with Gasteiger partial charge in [0.05, 0.1) is 0 Å². The van der Waals surface area contributed by atoms with Crippen molar-refractivity contribution in [3.63, 3.8) is 0 Å². The Hall–Kier alpha value is -0.820. The van der Waals surface area contributed by atoms with Crippen LogP contribution in [-0.2, 0) is 13.0 Å². The third-order valence-electron chi connectivity index (χ3n) is 3.82. The second kappa shape index (κ2) is 4.58. The number of hydrogen-bond donors (Lipinski definition) is 0. The largest absolute Gasteiger partial charge is 0.298 e. The Balaban J connectivity index is 2.03. The molecule has 1 heterocycles. The predicted molar refractivity (Wildman–Crippen MR) is 69.5 cm³/mol. The van der Waals surface area contributed by atoms with Gasteiger partial charge in [0, 0.05) is 19.6 Å². The van der Waals surface area contributed by atoms with Gasteiger partial charge in [0.25, 0.3) is 0 Å². The molecule has 0 unspecified atom stereocenters. The fourth-order valence-corrected chi connectivity index (χ4v) is 2.41. The van der Waals surface area contributed by atoms with Crippen LogP contribution in [0.4, 0.5) is 0 Å². The highest BCUT2D eigenvalue weighted by atomic mass is 15.1. The molecule has 16 heavy (non-hydrogen) atoms. The predicted octanol–water partition coefficient (Wildman–Crippen LogP) is 3.48. The zero-order valence-corrected chi connectivity index (χ0v) is 10.8. The van der Waals surface area contributed by atoms with E-state index in [9.17, 15) is 0 Å². The fraction of sp³-hybridized carbons (Fsp3) is 0.600. The molecule has 0 aromatic heterocycles. The van der Waals surface area contributed by atoms with E-state index in [1.54, 1.807) is 5.56 Å². The Morgan fingerprint density at radius 3 is 2.56 bits per heavy atom. The Morgan fingerprint density at radius 1 is 1.19 bits per heavy atom. The summed E-state index contributed by atoms with van der Waals surface area (Å²) in [5.41, 5.74) is 3.53. The Bertz CT molecular complexity index is 354. The van der Waals surface area contributed by atoms with Crippen LogP contribution < -0.4 is 0 Å². The second-order valence-corrected chi connectivity index (χ2v) is 5.75. The second-order valence-electron chi connectivity index (χ2n) is 5.75. The SMILES string of the molecule is CCC(C)(C)CN1CCc2ccccc2C1. The highest BCUT2D eigenvalue weighted by Crippen LogP contribution is 2.25. The number of rotatable bonds is 3. The van der Waals surface area contributed by atoms with Crippen molar-refractivity contribution >= 4 is 0 Å². The Morgan fingerprint density at radius 2 is 1.88 bits per heavy atom.